The third kappa shape index (κ3) is 4.61. The number of amides is 1. The molecule has 1 atom stereocenters. The Hall–Kier alpha value is -3.21. The summed E-state index contributed by atoms with van der Waals surface area (Å²) in [6.07, 6.45) is 3.07. The van der Waals surface area contributed by atoms with Gasteiger partial charge in [0.05, 0.1) is 26.9 Å². The van der Waals surface area contributed by atoms with Crippen LogP contribution in [0.4, 0.5) is 0 Å². The molecular weight excluding hydrogens is 390 g/mol. The van der Waals surface area contributed by atoms with Crippen LogP contribution in [0.25, 0.3) is 10.8 Å². The second kappa shape index (κ2) is 9.73. The molecule has 1 amide bonds. The first-order chi connectivity index (χ1) is 15.2. The molecule has 0 radical (unpaired) electrons. The van der Waals surface area contributed by atoms with Gasteiger partial charge >= 0.3 is 0 Å². The first-order valence-electron chi connectivity index (χ1n) is 10.8. The van der Waals surface area contributed by atoms with Crippen molar-refractivity contribution in [3.8, 4) is 17.2 Å². The largest absolute Gasteiger partial charge is 0.497 e. The van der Waals surface area contributed by atoms with Crippen molar-refractivity contribution in [1.82, 2.24) is 4.90 Å². The number of methoxy groups -OCH3 is 2. The fourth-order valence-corrected chi connectivity index (χ4v) is 4.36. The van der Waals surface area contributed by atoms with Crippen LogP contribution in [0.15, 0.2) is 60.7 Å². The van der Waals surface area contributed by atoms with Crippen molar-refractivity contribution in [3.05, 3.63) is 66.2 Å². The lowest BCUT2D eigenvalue weighted by molar-refractivity contribution is -0.132. The van der Waals surface area contributed by atoms with Gasteiger partial charge in [0.2, 0.25) is 5.91 Å². The monoisotopic (exact) mass is 419 g/mol. The maximum Gasteiger partial charge on any atom is 0.223 e. The Balaban J connectivity index is 1.37. The number of nitrogens with zero attached hydrogens (tertiary/aromatic N) is 1. The molecule has 0 aliphatic carbocycles. The van der Waals surface area contributed by atoms with Crippen molar-refractivity contribution in [3.63, 3.8) is 0 Å². The van der Waals surface area contributed by atoms with Crippen LogP contribution in [-0.2, 0) is 4.79 Å². The van der Waals surface area contributed by atoms with Gasteiger partial charge in [-0.1, -0.05) is 36.4 Å². The number of likely N-dealkylation sites (tertiary alicyclic amines) is 1. The highest BCUT2D eigenvalue weighted by Crippen LogP contribution is 2.39. The number of carbonyl (C=O) groups excluding carboxylic acids is 1. The lowest BCUT2D eigenvalue weighted by atomic mass is 10.0. The van der Waals surface area contributed by atoms with E-state index in [1.165, 1.54) is 0 Å². The Bertz CT molecular complexity index is 1040. The molecule has 4 rings (SSSR count). The van der Waals surface area contributed by atoms with Crippen LogP contribution in [0.3, 0.4) is 0 Å². The predicted molar refractivity (Wildman–Crippen MR) is 122 cm³/mol. The fraction of sp³-hybridized carbons (Fsp3) is 0.346. The van der Waals surface area contributed by atoms with Gasteiger partial charge in [-0.2, -0.15) is 0 Å². The number of rotatable bonds is 8. The van der Waals surface area contributed by atoms with Crippen molar-refractivity contribution < 1.29 is 19.0 Å². The van der Waals surface area contributed by atoms with Crippen molar-refractivity contribution in [1.29, 1.82) is 0 Å². The minimum atomic E-state index is 0.0246. The van der Waals surface area contributed by atoms with Gasteiger partial charge < -0.3 is 19.1 Å². The minimum Gasteiger partial charge on any atom is -0.497 e. The molecule has 5 heteroatoms. The summed E-state index contributed by atoms with van der Waals surface area (Å²) in [5.74, 6) is 2.60. The standard InChI is InChI=1S/C26H29NO4/c1-29-20-14-15-24(30-2)22(18-20)23-11-6-16-27(23)26(28)13-7-17-31-25-12-5-9-19-8-3-4-10-21(19)25/h3-5,8-10,12,14-15,18,23H,6-7,11,13,16-17H2,1-2H3. The van der Waals surface area contributed by atoms with Gasteiger partial charge in [-0.15, -0.1) is 0 Å². The molecular formula is C26H29NO4. The summed E-state index contributed by atoms with van der Waals surface area (Å²) in [4.78, 5) is 15.0. The van der Waals surface area contributed by atoms with Gasteiger partial charge in [0.1, 0.15) is 17.2 Å². The quantitative estimate of drug-likeness (QED) is 0.460. The Labute approximate surface area is 183 Å². The third-order valence-corrected chi connectivity index (χ3v) is 5.91. The number of carbonyl (C=O) groups is 1. The first-order valence-corrected chi connectivity index (χ1v) is 10.8. The fourth-order valence-electron chi connectivity index (χ4n) is 4.36. The summed E-state index contributed by atoms with van der Waals surface area (Å²) >= 11 is 0. The Morgan fingerprint density at radius 1 is 1.00 bits per heavy atom. The van der Waals surface area contributed by atoms with Crippen LogP contribution in [0.2, 0.25) is 0 Å². The van der Waals surface area contributed by atoms with Gasteiger partial charge in [0.15, 0.2) is 0 Å². The summed E-state index contributed by atoms with van der Waals surface area (Å²) in [7, 11) is 3.32. The predicted octanol–water partition coefficient (Wildman–Crippen LogP) is 5.38. The molecule has 0 aromatic heterocycles. The van der Waals surface area contributed by atoms with Gasteiger partial charge in [0, 0.05) is 23.9 Å². The van der Waals surface area contributed by atoms with Crippen LogP contribution >= 0.6 is 0 Å². The van der Waals surface area contributed by atoms with E-state index in [0.29, 0.717) is 19.4 Å². The van der Waals surface area contributed by atoms with Crippen LogP contribution in [0.1, 0.15) is 37.3 Å². The maximum absolute atomic E-state index is 13.0. The molecule has 1 heterocycles. The topological polar surface area (TPSA) is 48.0 Å². The van der Waals surface area contributed by atoms with Crippen molar-refractivity contribution in [2.45, 2.75) is 31.7 Å². The summed E-state index contributed by atoms with van der Waals surface area (Å²) in [5.41, 5.74) is 1.01. The van der Waals surface area contributed by atoms with E-state index in [1.807, 2.05) is 47.4 Å². The highest BCUT2D eigenvalue weighted by molar-refractivity contribution is 5.88. The Morgan fingerprint density at radius 2 is 1.84 bits per heavy atom. The molecule has 31 heavy (non-hydrogen) atoms. The van der Waals surface area contributed by atoms with Gasteiger partial charge in [-0.05, 0) is 48.9 Å². The molecule has 1 aliphatic rings. The molecule has 0 spiro atoms. The molecule has 1 unspecified atom stereocenters. The molecule has 3 aromatic rings. The molecule has 1 fully saturated rings. The van der Waals surface area contributed by atoms with Crippen LogP contribution in [0, 0.1) is 0 Å². The lowest BCUT2D eigenvalue weighted by Gasteiger charge is -2.27. The Kier molecular flexibility index (Phi) is 6.60. The minimum absolute atomic E-state index is 0.0246. The molecule has 3 aromatic carbocycles. The zero-order valence-electron chi connectivity index (χ0n) is 18.2. The normalized spacial score (nSPS) is 15.8. The van der Waals surface area contributed by atoms with Crippen molar-refractivity contribution in [2.75, 3.05) is 27.4 Å². The van der Waals surface area contributed by atoms with Crippen LogP contribution in [0.5, 0.6) is 17.2 Å². The summed E-state index contributed by atoms with van der Waals surface area (Å²) in [6.45, 7) is 1.29. The SMILES string of the molecule is COc1ccc(OC)c(C2CCCN2C(=O)CCCOc2cccc3ccccc23)c1. The van der Waals surface area contributed by atoms with E-state index < -0.39 is 0 Å². The molecule has 5 nitrogen and oxygen atoms in total. The molecule has 1 saturated heterocycles. The van der Waals surface area contributed by atoms with Crippen LogP contribution < -0.4 is 14.2 Å². The van der Waals surface area contributed by atoms with E-state index in [9.17, 15) is 4.79 Å². The van der Waals surface area contributed by atoms with Gasteiger partial charge in [0.25, 0.3) is 0 Å². The molecule has 0 saturated carbocycles. The van der Waals surface area contributed by atoms with Gasteiger partial charge in [-0.25, -0.2) is 0 Å². The number of hydrogen-bond acceptors (Lipinski definition) is 4. The highest BCUT2D eigenvalue weighted by Gasteiger charge is 2.31. The zero-order chi connectivity index (χ0) is 21.6. The number of hydrogen-bond donors (Lipinski definition) is 0. The van der Waals surface area contributed by atoms with E-state index in [4.69, 9.17) is 14.2 Å². The average Bonchev–Trinajstić information content (AvgIpc) is 3.31. The second-order valence-corrected chi connectivity index (χ2v) is 7.78. The number of benzene rings is 3. The molecule has 162 valence electrons. The number of ether oxygens (including phenoxy) is 3. The number of fused-ring (bicyclic) bond motifs is 1. The van der Waals surface area contributed by atoms with Crippen molar-refractivity contribution >= 4 is 16.7 Å². The summed E-state index contributed by atoms with van der Waals surface area (Å²) in [6, 6.07) is 20.0. The van der Waals surface area contributed by atoms with Crippen molar-refractivity contribution in [2.24, 2.45) is 0 Å². The van der Waals surface area contributed by atoms with Gasteiger partial charge in [-0.3, -0.25) is 4.79 Å². The smallest absolute Gasteiger partial charge is 0.223 e. The van der Waals surface area contributed by atoms with Crippen LogP contribution in [-0.4, -0.2) is 38.2 Å². The second-order valence-electron chi connectivity index (χ2n) is 7.78. The lowest BCUT2D eigenvalue weighted by Crippen LogP contribution is -2.30. The summed E-state index contributed by atoms with van der Waals surface area (Å²) < 4.78 is 16.9. The molecule has 0 bridgehead atoms. The Morgan fingerprint density at radius 3 is 2.68 bits per heavy atom. The maximum atomic E-state index is 13.0. The van der Waals surface area contributed by atoms with E-state index in [-0.39, 0.29) is 11.9 Å². The molecule has 1 aliphatic heterocycles. The zero-order valence-corrected chi connectivity index (χ0v) is 18.2. The first kappa shape index (κ1) is 21.0. The molecule has 0 N–H and O–H groups in total. The average molecular weight is 420 g/mol. The van der Waals surface area contributed by atoms with E-state index in [2.05, 4.69) is 18.2 Å². The summed E-state index contributed by atoms with van der Waals surface area (Å²) in [5, 5.41) is 2.25. The third-order valence-electron chi connectivity index (χ3n) is 5.91. The van der Waals surface area contributed by atoms with E-state index in [0.717, 1.165) is 53.0 Å². The van der Waals surface area contributed by atoms with E-state index >= 15 is 0 Å². The van der Waals surface area contributed by atoms with E-state index in [1.54, 1.807) is 14.2 Å². The highest BCUT2D eigenvalue weighted by atomic mass is 16.5.